The minimum Gasteiger partial charge on any atom is -0.507 e. The van der Waals surface area contributed by atoms with Crippen molar-refractivity contribution in [1.29, 1.82) is 0 Å². The molecule has 5 rings (SSSR count). The average Bonchev–Trinajstić information content (AvgIpc) is 3.23. The summed E-state index contributed by atoms with van der Waals surface area (Å²) in [6.07, 6.45) is 0. The van der Waals surface area contributed by atoms with Crippen LogP contribution in [0, 0.1) is 20.8 Å². The fourth-order valence-corrected chi connectivity index (χ4v) is 5.03. The molecule has 1 amide bonds. The molecule has 1 heterocycles. The number of benzene rings is 4. The van der Waals surface area contributed by atoms with E-state index in [1.54, 1.807) is 37.4 Å². The van der Waals surface area contributed by atoms with Gasteiger partial charge in [-0.2, -0.15) is 0 Å². The number of rotatable bonds is 7. The minimum absolute atomic E-state index is 0.0356. The third-order valence-electron chi connectivity index (χ3n) is 7.40. The highest BCUT2D eigenvalue weighted by Crippen LogP contribution is 2.44. The number of aryl methyl sites for hydroxylation is 2. The number of anilines is 1. The van der Waals surface area contributed by atoms with Crippen LogP contribution < -0.4 is 14.4 Å². The van der Waals surface area contributed by atoms with Crippen molar-refractivity contribution in [3.8, 4) is 11.5 Å². The number of aliphatic hydroxyl groups excluding tert-OH is 1. The maximum Gasteiger partial charge on any atom is 0.300 e. The van der Waals surface area contributed by atoms with Gasteiger partial charge >= 0.3 is 0 Å². The molecule has 40 heavy (non-hydrogen) atoms. The number of carbonyl (C=O) groups excluding carboxylic acids is 2. The topological polar surface area (TPSA) is 76.1 Å². The molecule has 1 atom stereocenters. The van der Waals surface area contributed by atoms with Gasteiger partial charge in [0.15, 0.2) is 0 Å². The van der Waals surface area contributed by atoms with Crippen molar-refractivity contribution in [2.24, 2.45) is 0 Å². The Hall–Kier alpha value is -4.84. The Morgan fingerprint density at radius 2 is 1.57 bits per heavy atom. The Morgan fingerprint density at radius 3 is 2.25 bits per heavy atom. The smallest absolute Gasteiger partial charge is 0.300 e. The molecule has 202 valence electrons. The highest BCUT2D eigenvalue weighted by Gasteiger charge is 2.47. The lowest BCUT2D eigenvalue weighted by atomic mass is 9.94. The molecule has 1 saturated heterocycles. The molecule has 1 aliphatic heterocycles. The van der Waals surface area contributed by atoms with Gasteiger partial charge in [-0.25, -0.2) is 0 Å². The number of methoxy groups -OCH3 is 1. The van der Waals surface area contributed by atoms with Crippen LogP contribution >= 0.6 is 0 Å². The van der Waals surface area contributed by atoms with Gasteiger partial charge in [0, 0.05) is 11.3 Å². The number of aliphatic hydroxyl groups is 1. The molecule has 0 spiro atoms. The molecule has 0 saturated carbocycles. The number of hydrogen-bond donors (Lipinski definition) is 1. The summed E-state index contributed by atoms with van der Waals surface area (Å²) in [4.78, 5) is 28.6. The van der Waals surface area contributed by atoms with E-state index in [2.05, 4.69) is 0 Å². The number of ketones is 1. The first-order chi connectivity index (χ1) is 19.3. The van der Waals surface area contributed by atoms with Gasteiger partial charge in [0.25, 0.3) is 11.7 Å². The van der Waals surface area contributed by atoms with E-state index in [-0.39, 0.29) is 11.3 Å². The summed E-state index contributed by atoms with van der Waals surface area (Å²) in [5.41, 5.74) is 5.50. The molecule has 1 aliphatic rings. The lowest BCUT2D eigenvalue weighted by Crippen LogP contribution is -2.30. The standard InChI is InChI=1S/C34H31NO5/c1-21-9-8-12-28(23(21)3)35-31(25-13-16-27(39-4)17-14-25)30(33(37)34(35)38)32(36)26-15-18-29(22(2)19-26)40-20-24-10-6-5-7-11-24/h5-19,31,36H,20H2,1-4H3/b32-30+. The Bertz CT molecular complexity index is 1610. The first kappa shape index (κ1) is 26.8. The lowest BCUT2D eigenvalue weighted by Gasteiger charge is -2.27. The molecule has 0 radical (unpaired) electrons. The Balaban J connectivity index is 1.58. The summed E-state index contributed by atoms with van der Waals surface area (Å²) < 4.78 is 11.3. The van der Waals surface area contributed by atoms with E-state index < -0.39 is 17.7 Å². The normalized spacial score (nSPS) is 16.3. The Labute approximate surface area is 234 Å². The molecule has 0 aromatic heterocycles. The monoisotopic (exact) mass is 533 g/mol. The van der Waals surface area contributed by atoms with Crippen LogP contribution in [0.1, 0.15) is 39.4 Å². The highest BCUT2D eigenvalue weighted by molar-refractivity contribution is 6.51. The quantitative estimate of drug-likeness (QED) is 0.160. The van der Waals surface area contributed by atoms with Gasteiger partial charge in [0.2, 0.25) is 0 Å². The third-order valence-corrected chi connectivity index (χ3v) is 7.40. The second-order valence-corrected chi connectivity index (χ2v) is 9.92. The first-order valence-electron chi connectivity index (χ1n) is 13.1. The molecule has 0 aliphatic carbocycles. The molecule has 6 nitrogen and oxygen atoms in total. The average molecular weight is 534 g/mol. The van der Waals surface area contributed by atoms with Crippen molar-refractivity contribution in [2.75, 3.05) is 12.0 Å². The predicted molar refractivity (Wildman–Crippen MR) is 156 cm³/mol. The Kier molecular flexibility index (Phi) is 7.43. The van der Waals surface area contributed by atoms with Gasteiger partial charge in [-0.05, 0) is 85.0 Å². The number of ether oxygens (including phenoxy) is 2. The highest BCUT2D eigenvalue weighted by atomic mass is 16.5. The second-order valence-electron chi connectivity index (χ2n) is 9.92. The molecule has 4 aromatic carbocycles. The number of nitrogens with zero attached hydrogens (tertiary/aromatic N) is 1. The summed E-state index contributed by atoms with van der Waals surface area (Å²) in [6.45, 7) is 6.17. The van der Waals surface area contributed by atoms with Crippen LogP contribution in [0.2, 0.25) is 0 Å². The molecule has 0 bridgehead atoms. The zero-order chi connectivity index (χ0) is 28.4. The van der Waals surface area contributed by atoms with Crippen molar-refractivity contribution < 1.29 is 24.2 Å². The number of amides is 1. The van der Waals surface area contributed by atoms with Gasteiger partial charge in [-0.15, -0.1) is 0 Å². The summed E-state index contributed by atoms with van der Waals surface area (Å²) in [5.74, 6) is -0.335. The second kappa shape index (κ2) is 11.1. The molecule has 6 heteroatoms. The molecular weight excluding hydrogens is 502 g/mol. The molecule has 1 fully saturated rings. The molecule has 4 aromatic rings. The van der Waals surface area contributed by atoms with Crippen molar-refractivity contribution in [3.63, 3.8) is 0 Å². The van der Waals surface area contributed by atoms with Crippen LogP contribution in [0.4, 0.5) is 5.69 Å². The number of carbonyl (C=O) groups is 2. The van der Waals surface area contributed by atoms with Crippen LogP contribution in [0.5, 0.6) is 11.5 Å². The van der Waals surface area contributed by atoms with E-state index in [0.717, 1.165) is 22.3 Å². The van der Waals surface area contributed by atoms with E-state index in [0.29, 0.717) is 34.9 Å². The van der Waals surface area contributed by atoms with Gasteiger partial charge in [-0.1, -0.05) is 54.6 Å². The van der Waals surface area contributed by atoms with Crippen molar-refractivity contribution in [2.45, 2.75) is 33.4 Å². The van der Waals surface area contributed by atoms with Gasteiger partial charge in [-0.3, -0.25) is 14.5 Å². The zero-order valence-electron chi connectivity index (χ0n) is 23.0. The van der Waals surface area contributed by atoms with E-state index in [4.69, 9.17) is 9.47 Å². The first-order valence-corrected chi connectivity index (χ1v) is 13.1. The van der Waals surface area contributed by atoms with Crippen molar-refractivity contribution >= 4 is 23.1 Å². The van der Waals surface area contributed by atoms with E-state index in [1.807, 2.05) is 81.4 Å². The minimum atomic E-state index is -0.819. The van der Waals surface area contributed by atoms with Crippen LogP contribution in [0.15, 0.2) is 96.6 Å². The maximum atomic E-state index is 13.6. The predicted octanol–water partition coefficient (Wildman–Crippen LogP) is 6.83. The molecule has 1 N–H and O–H groups in total. The van der Waals surface area contributed by atoms with Crippen molar-refractivity contribution in [1.82, 2.24) is 0 Å². The fraction of sp³-hybridized carbons (Fsp3) is 0.176. The molecule has 1 unspecified atom stereocenters. The van der Waals surface area contributed by atoms with Gasteiger partial charge in [0.05, 0.1) is 18.7 Å². The number of Topliss-reactive ketones (excluding diaryl/α,β-unsaturated/α-hetero) is 1. The third kappa shape index (κ3) is 4.96. The van der Waals surface area contributed by atoms with Crippen LogP contribution in [0.3, 0.4) is 0 Å². The van der Waals surface area contributed by atoms with E-state index >= 15 is 0 Å². The number of hydrogen-bond acceptors (Lipinski definition) is 5. The van der Waals surface area contributed by atoms with Gasteiger partial charge in [0.1, 0.15) is 23.9 Å². The molecular formula is C34H31NO5. The van der Waals surface area contributed by atoms with E-state index in [1.165, 1.54) is 4.90 Å². The van der Waals surface area contributed by atoms with Gasteiger partial charge < -0.3 is 14.6 Å². The summed E-state index contributed by atoms with van der Waals surface area (Å²) >= 11 is 0. The summed E-state index contributed by atoms with van der Waals surface area (Å²) in [7, 11) is 1.58. The van der Waals surface area contributed by atoms with Crippen LogP contribution in [0.25, 0.3) is 5.76 Å². The van der Waals surface area contributed by atoms with Crippen LogP contribution in [-0.4, -0.2) is 23.9 Å². The largest absolute Gasteiger partial charge is 0.507 e. The maximum absolute atomic E-state index is 13.6. The van der Waals surface area contributed by atoms with Crippen LogP contribution in [-0.2, 0) is 16.2 Å². The lowest BCUT2D eigenvalue weighted by molar-refractivity contribution is -0.132. The Morgan fingerprint density at radius 1 is 0.850 bits per heavy atom. The zero-order valence-corrected chi connectivity index (χ0v) is 23.0. The fourth-order valence-electron chi connectivity index (χ4n) is 5.03. The summed E-state index contributed by atoms with van der Waals surface area (Å²) in [6, 6.07) is 27.1. The van der Waals surface area contributed by atoms with Crippen molar-refractivity contribution in [3.05, 3.63) is 130 Å². The SMILES string of the molecule is COc1ccc(C2/C(=C(\O)c3ccc(OCc4ccccc4)c(C)c3)C(=O)C(=O)N2c2cccc(C)c2C)cc1. The van der Waals surface area contributed by atoms with E-state index in [9.17, 15) is 14.7 Å². The summed E-state index contributed by atoms with van der Waals surface area (Å²) in [5, 5.41) is 11.6.